The lowest BCUT2D eigenvalue weighted by Gasteiger charge is -2.16. The molecule has 1 fully saturated rings. The van der Waals surface area contributed by atoms with Crippen molar-refractivity contribution in [3.05, 3.63) is 27.8 Å². The SMILES string of the molecule is Cc1nc(CC(=O)Nc2c(C)cnn2[C@@H](C)C2CC2)cs1. The average molecular weight is 304 g/mol. The minimum absolute atomic E-state index is 0.0341. The molecule has 2 aromatic heterocycles. The van der Waals surface area contributed by atoms with Crippen LogP contribution >= 0.6 is 11.3 Å². The number of aryl methyl sites for hydroxylation is 2. The molecule has 112 valence electrons. The largest absolute Gasteiger partial charge is 0.310 e. The molecule has 2 heterocycles. The number of thiazole rings is 1. The van der Waals surface area contributed by atoms with Gasteiger partial charge in [0.15, 0.2) is 0 Å². The Labute approximate surface area is 128 Å². The number of carbonyl (C=O) groups excluding carboxylic acids is 1. The zero-order chi connectivity index (χ0) is 15.0. The third-order valence-corrected chi connectivity index (χ3v) is 4.76. The van der Waals surface area contributed by atoms with E-state index in [0.29, 0.717) is 18.4 Å². The fourth-order valence-electron chi connectivity index (χ4n) is 2.52. The molecule has 0 bridgehead atoms. The summed E-state index contributed by atoms with van der Waals surface area (Å²) in [5.41, 5.74) is 1.83. The van der Waals surface area contributed by atoms with Crippen molar-refractivity contribution in [2.45, 2.75) is 46.1 Å². The van der Waals surface area contributed by atoms with Crippen LogP contribution in [0.5, 0.6) is 0 Å². The van der Waals surface area contributed by atoms with E-state index in [4.69, 9.17) is 0 Å². The quantitative estimate of drug-likeness (QED) is 0.923. The second kappa shape index (κ2) is 5.60. The van der Waals surface area contributed by atoms with Gasteiger partial charge in [0.05, 0.1) is 29.4 Å². The number of carbonyl (C=O) groups is 1. The van der Waals surface area contributed by atoms with Crippen molar-refractivity contribution in [3.8, 4) is 0 Å². The Morgan fingerprint density at radius 3 is 2.90 bits per heavy atom. The van der Waals surface area contributed by atoms with Crippen LogP contribution in [0.1, 0.15) is 42.1 Å². The van der Waals surface area contributed by atoms with Gasteiger partial charge in [0.2, 0.25) is 5.91 Å². The van der Waals surface area contributed by atoms with Gasteiger partial charge in [-0.15, -0.1) is 11.3 Å². The van der Waals surface area contributed by atoms with E-state index >= 15 is 0 Å². The first kappa shape index (κ1) is 14.3. The molecule has 5 nitrogen and oxygen atoms in total. The fraction of sp³-hybridized carbons (Fsp3) is 0.533. The van der Waals surface area contributed by atoms with Crippen molar-refractivity contribution in [2.75, 3.05) is 5.32 Å². The summed E-state index contributed by atoms with van der Waals surface area (Å²) >= 11 is 1.57. The summed E-state index contributed by atoms with van der Waals surface area (Å²) in [5, 5.41) is 10.4. The molecule has 1 aliphatic carbocycles. The Balaban J connectivity index is 1.71. The highest BCUT2D eigenvalue weighted by atomic mass is 32.1. The van der Waals surface area contributed by atoms with Crippen LogP contribution in [0.25, 0.3) is 0 Å². The number of anilines is 1. The number of hydrogen-bond donors (Lipinski definition) is 1. The topological polar surface area (TPSA) is 59.8 Å². The highest BCUT2D eigenvalue weighted by molar-refractivity contribution is 7.09. The van der Waals surface area contributed by atoms with Crippen molar-refractivity contribution in [1.82, 2.24) is 14.8 Å². The van der Waals surface area contributed by atoms with E-state index in [1.165, 1.54) is 12.8 Å². The molecule has 0 unspecified atom stereocenters. The van der Waals surface area contributed by atoms with Crippen LogP contribution in [0.15, 0.2) is 11.6 Å². The molecule has 0 spiro atoms. The molecule has 21 heavy (non-hydrogen) atoms. The van der Waals surface area contributed by atoms with Gasteiger partial charge in [0.1, 0.15) is 5.82 Å². The minimum Gasteiger partial charge on any atom is -0.310 e. The third kappa shape index (κ3) is 3.15. The van der Waals surface area contributed by atoms with Gasteiger partial charge in [0.25, 0.3) is 0 Å². The monoisotopic (exact) mass is 304 g/mol. The van der Waals surface area contributed by atoms with Crippen molar-refractivity contribution >= 4 is 23.1 Å². The van der Waals surface area contributed by atoms with Crippen LogP contribution in [0.2, 0.25) is 0 Å². The maximum atomic E-state index is 12.2. The number of hydrogen-bond acceptors (Lipinski definition) is 4. The summed E-state index contributed by atoms with van der Waals surface area (Å²) in [6.07, 6.45) is 4.64. The Bertz CT molecular complexity index is 656. The zero-order valence-corrected chi connectivity index (χ0v) is 13.4. The van der Waals surface area contributed by atoms with Crippen LogP contribution < -0.4 is 5.32 Å². The van der Waals surface area contributed by atoms with E-state index in [2.05, 4.69) is 22.3 Å². The van der Waals surface area contributed by atoms with Crippen LogP contribution in [-0.2, 0) is 11.2 Å². The molecular formula is C15H20N4OS. The predicted octanol–water partition coefficient (Wildman–Crippen LogP) is 3.11. The van der Waals surface area contributed by atoms with E-state index in [9.17, 15) is 4.79 Å². The van der Waals surface area contributed by atoms with Gasteiger partial charge in [-0.1, -0.05) is 0 Å². The number of nitrogens with zero attached hydrogens (tertiary/aromatic N) is 3. The third-order valence-electron chi connectivity index (χ3n) is 3.93. The summed E-state index contributed by atoms with van der Waals surface area (Å²) in [6, 6.07) is 0.343. The second-order valence-electron chi connectivity index (χ2n) is 5.78. The van der Waals surface area contributed by atoms with Gasteiger partial charge in [-0.25, -0.2) is 9.67 Å². The normalized spacial score (nSPS) is 16.0. The summed E-state index contributed by atoms with van der Waals surface area (Å²) in [5.74, 6) is 1.49. The first-order valence-corrected chi connectivity index (χ1v) is 8.17. The lowest BCUT2D eigenvalue weighted by atomic mass is 10.2. The molecule has 0 aromatic carbocycles. The lowest BCUT2D eigenvalue weighted by Crippen LogP contribution is -2.20. The summed E-state index contributed by atoms with van der Waals surface area (Å²) in [4.78, 5) is 16.5. The molecule has 3 rings (SSSR count). The summed E-state index contributed by atoms with van der Waals surface area (Å²) in [6.45, 7) is 6.10. The highest BCUT2D eigenvalue weighted by Crippen LogP contribution is 2.40. The molecule has 1 atom stereocenters. The number of amides is 1. The smallest absolute Gasteiger partial charge is 0.231 e. The summed E-state index contributed by atoms with van der Waals surface area (Å²) < 4.78 is 1.96. The molecule has 1 N–H and O–H groups in total. The first-order valence-electron chi connectivity index (χ1n) is 7.29. The fourth-order valence-corrected chi connectivity index (χ4v) is 3.13. The number of aromatic nitrogens is 3. The van der Waals surface area contributed by atoms with E-state index in [1.807, 2.05) is 30.1 Å². The molecular weight excluding hydrogens is 284 g/mol. The number of rotatable bonds is 5. The Morgan fingerprint density at radius 1 is 1.52 bits per heavy atom. The zero-order valence-electron chi connectivity index (χ0n) is 12.6. The van der Waals surface area contributed by atoms with Crippen LogP contribution in [0.3, 0.4) is 0 Å². The molecule has 2 aromatic rings. The molecule has 6 heteroatoms. The summed E-state index contributed by atoms with van der Waals surface area (Å²) in [7, 11) is 0. The lowest BCUT2D eigenvalue weighted by molar-refractivity contribution is -0.115. The maximum absolute atomic E-state index is 12.2. The number of nitrogens with one attached hydrogen (secondary N) is 1. The van der Waals surface area contributed by atoms with Gasteiger partial charge in [-0.3, -0.25) is 4.79 Å². The molecule has 0 saturated heterocycles. The van der Waals surface area contributed by atoms with Crippen molar-refractivity contribution in [3.63, 3.8) is 0 Å². The second-order valence-corrected chi connectivity index (χ2v) is 6.84. The van der Waals surface area contributed by atoms with Crippen LogP contribution in [0.4, 0.5) is 5.82 Å². The molecule has 1 saturated carbocycles. The van der Waals surface area contributed by atoms with Gasteiger partial charge < -0.3 is 5.32 Å². The minimum atomic E-state index is -0.0341. The Kier molecular flexibility index (Phi) is 3.80. The van der Waals surface area contributed by atoms with Gasteiger partial charge >= 0.3 is 0 Å². The Hall–Kier alpha value is -1.69. The standard InChI is InChI=1S/C15H20N4OS/c1-9-7-16-19(10(2)12-4-5-12)15(9)18-14(20)6-13-8-21-11(3)17-13/h7-8,10,12H,4-6H2,1-3H3,(H,18,20)/t10-/m0/s1. The van der Waals surface area contributed by atoms with Crippen molar-refractivity contribution in [2.24, 2.45) is 5.92 Å². The van der Waals surface area contributed by atoms with Gasteiger partial charge in [0, 0.05) is 10.9 Å². The van der Waals surface area contributed by atoms with Gasteiger partial charge in [-0.05, 0) is 39.5 Å². The highest BCUT2D eigenvalue weighted by Gasteiger charge is 2.31. The first-order chi connectivity index (χ1) is 10.0. The molecule has 0 aliphatic heterocycles. The van der Waals surface area contributed by atoms with Crippen molar-refractivity contribution < 1.29 is 4.79 Å². The predicted molar refractivity (Wildman–Crippen MR) is 83.6 cm³/mol. The molecule has 1 amide bonds. The maximum Gasteiger partial charge on any atom is 0.231 e. The molecule has 0 radical (unpaired) electrons. The van der Waals surface area contributed by atoms with Crippen LogP contribution in [0, 0.1) is 19.8 Å². The van der Waals surface area contributed by atoms with Crippen molar-refractivity contribution in [1.29, 1.82) is 0 Å². The van der Waals surface area contributed by atoms with Crippen LogP contribution in [-0.4, -0.2) is 20.7 Å². The van der Waals surface area contributed by atoms with E-state index in [1.54, 1.807) is 11.3 Å². The van der Waals surface area contributed by atoms with E-state index in [-0.39, 0.29) is 5.91 Å². The Morgan fingerprint density at radius 2 is 2.29 bits per heavy atom. The van der Waals surface area contributed by atoms with E-state index < -0.39 is 0 Å². The van der Waals surface area contributed by atoms with Gasteiger partial charge in [-0.2, -0.15) is 5.10 Å². The van der Waals surface area contributed by atoms with E-state index in [0.717, 1.165) is 22.1 Å². The molecule has 1 aliphatic rings. The average Bonchev–Trinajstić information content (AvgIpc) is 3.13.